The van der Waals surface area contributed by atoms with Gasteiger partial charge in [-0.1, -0.05) is 23.7 Å². The summed E-state index contributed by atoms with van der Waals surface area (Å²) >= 11 is 5.87. The fourth-order valence-electron chi connectivity index (χ4n) is 3.05. The van der Waals surface area contributed by atoms with Crippen LogP contribution >= 0.6 is 11.6 Å². The zero-order chi connectivity index (χ0) is 26.6. The Bertz CT molecular complexity index is 1280. The molecule has 0 aliphatic rings. The highest BCUT2D eigenvalue weighted by Gasteiger charge is 2.15. The standard InChI is InChI=1S/C26H25ClN4O6/c1-3-36-21-12-10-19(11-13-21)29-23(32)16-37-24-17(6-4-9-22(24)35-2)15-28-31-26(34)25(33)30-20-8-5-7-18(27)14-20/h4-15H,3,16H2,1-2H3,(H,29,32)(H,30,33)(H,31,34)/b28-15-. The maximum absolute atomic E-state index is 12.4. The zero-order valence-electron chi connectivity index (χ0n) is 20.1. The number of carbonyl (C=O) groups excluding carboxylic acids is 3. The van der Waals surface area contributed by atoms with Gasteiger partial charge < -0.3 is 24.8 Å². The van der Waals surface area contributed by atoms with Crippen LogP contribution in [0.4, 0.5) is 11.4 Å². The van der Waals surface area contributed by atoms with Crippen molar-refractivity contribution < 1.29 is 28.6 Å². The molecule has 11 heteroatoms. The molecule has 3 rings (SSSR count). The number of rotatable bonds is 10. The molecule has 0 spiro atoms. The van der Waals surface area contributed by atoms with E-state index in [2.05, 4.69) is 21.2 Å². The van der Waals surface area contributed by atoms with Crippen LogP contribution in [0.1, 0.15) is 12.5 Å². The van der Waals surface area contributed by atoms with Crippen LogP contribution in [0.5, 0.6) is 17.2 Å². The second-order valence-electron chi connectivity index (χ2n) is 7.34. The number of carbonyl (C=O) groups is 3. The smallest absolute Gasteiger partial charge is 0.329 e. The second kappa shape index (κ2) is 13.5. The van der Waals surface area contributed by atoms with Gasteiger partial charge in [0.2, 0.25) is 0 Å². The van der Waals surface area contributed by atoms with E-state index >= 15 is 0 Å². The van der Waals surface area contributed by atoms with Crippen molar-refractivity contribution in [3.8, 4) is 17.2 Å². The fraction of sp³-hybridized carbons (Fsp3) is 0.154. The molecule has 0 saturated heterocycles. The number of hydrogen-bond acceptors (Lipinski definition) is 7. The Morgan fingerprint density at radius 2 is 1.68 bits per heavy atom. The van der Waals surface area contributed by atoms with Crippen molar-refractivity contribution in [1.29, 1.82) is 0 Å². The predicted octanol–water partition coefficient (Wildman–Crippen LogP) is 3.85. The van der Waals surface area contributed by atoms with Gasteiger partial charge in [0.15, 0.2) is 18.1 Å². The molecule has 0 atom stereocenters. The van der Waals surface area contributed by atoms with Gasteiger partial charge >= 0.3 is 11.8 Å². The molecule has 0 unspecified atom stereocenters. The lowest BCUT2D eigenvalue weighted by Gasteiger charge is -2.13. The minimum absolute atomic E-state index is 0.230. The minimum atomic E-state index is -0.990. The molecule has 10 nitrogen and oxygen atoms in total. The number of anilines is 2. The van der Waals surface area contributed by atoms with Gasteiger partial charge in [0.1, 0.15) is 5.75 Å². The Balaban J connectivity index is 1.59. The van der Waals surface area contributed by atoms with E-state index in [1.807, 2.05) is 6.92 Å². The molecule has 0 aliphatic carbocycles. The Hall–Kier alpha value is -4.57. The van der Waals surface area contributed by atoms with E-state index in [0.717, 1.165) is 0 Å². The zero-order valence-corrected chi connectivity index (χ0v) is 20.9. The van der Waals surface area contributed by atoms with E-state index in [1.54, 1.807) is 60.7 Å². The summed E-state index contributed by atoms with van der Waals surface area (Å²) < 4.78 is 16.4. The van der Waals surface area contributed by atoms with Gasteiger partial charge in [-0.25, -0.2) is 5.43 Å². The summed E-state index contributed by atoms with van der Waals surface area (Å²) in [5.74, 6) is -1.03. The number of benzene rings is 3. The highest BCUT2D eigenvalue weighted by Crippen LogP contribution is 2.30. The minimum Gasteiger partial charge on any atom is -0.494 e. The third kappa shape index (κ3) is 8.25. The molecule has 0 aliphatic heterocycles. The van der Waals surface area contributed by atoms with E-state index < -0.39 is 17.7 Å². The van der Waals surface area contributed by atoms with Crippen LogP contribution in [0.3, 0.4) is 0 Å². The molecular formula is C26H25ClN4O6. The summed E-state index contributed by atoms with van der Waals surface area (Å²) in [6, 6.07) is 18.3. The van der Waals surface area contributed by atoms with E-state index in [0.29, 0.717) is 40.1 Å². The van der Waals surface area contributed by atoms with Crippen LogP contribution in [0.25, 0.3) is 0 Å². The lowest BCUT2D eigenvalue weighted by atomic mass is 10.2. The molecule has 0 fully saturated rings. The van der Waals surface area contributed by atoms with Gasteiger partial charge in [0.05, 0.1) is 19.9 Å². The molecule has 3 aromatic rings. The molecule has 3 N–H and O–H groups in total. The van der Waals surface area contributed by atoms with Gasteiger partial charge in [-0.2, -0.15) is 5.10 Å². The molecule has 0 heterocycles. The Morgan fingerprint density at radius 1 is 0.919 bits per heavy atom. The Morgan fingerprint density at radius 3 is 2.38 bits per heavy atom. The van der Waals surface area contributed by atoms with Gasteiger partial charge in [-0.3, -0.25) is 14.4 Å². The van der Waals surface area contributed by atoms with E-state index in [1.165, 1.54) is 19.4 Å². The van der Waals surface area contributed by atoms with Crippen molar-refractivity contribution in [2.45, 2.75) is 6.92 Å². The first-order valence-electron chi connectivity index (χ1n) is 11.1. The van der Waals surface area contributed by atoms with Crippen LogP contribution in [0.2, 0.25) is 5.02 Å². The molecule has 3 aromatic carbocycles. The first-order chi connectivity index (χ1) is 17.9. The molecule has 0 radical (unpaired) electrons. The quantitative estimate of drug-likeness (QED) is 0.210. The molecular weight excluding hydrogens is 500 g/mol. The number of amides is 3. The molecule has 3 amide bonds. The molecule has 0 bridgehead atoms. The average Bonchev–Trinajstić information content (AvgIpc) is 2.89. The maximum atomic E-state index is 12.4. The summed E-state index contributed by atoms with van der Waals surface area (Å²) in [4.78, 5) is 36.6. The van der Waals surface area contributed by atoms with Crippen molar-refractivity contribution in [2.24, 2.45) is 5.10 Å². The van der Waals surface area contributed by atoms with Gasteiger partial charge in [-0.15, -0.1) is 0 Å². The van der Waals surface area contributed by atoms with Crippen molar-refractivity contribution >= 4 is 46.9 Å². The number of para-hydroxylation sites is 1. The molecule has 0 aromatic heterocycles. The number of hydrogen-bond donors (Lipinski definition) is 3. The highest BCUT2D eigenvalue weighted by atomic mass is 35.5. The number of ether oxygens (including phenoxy) is 3. The second-order valence-corrected chi connectivity index (χ2v) is 7.77. The van der Waals surface area contributed by atoms with Crippen LogP contribution in [0, 0.1) is 0 Å². The predicted molar refractivity (Wildman–Crippen MR) is 141 cm³/mol. The average molecular weight is 525 g/mol. The van der Waals surface area contributed by atoms with Crippen LogP contribution in [0.15, 0.2) is 71.8 Å². The third-order valence-corrected chi connectivity index (χ3v) is 4.92. The Labute approximate surface area is 218 Å². The number of halogens is 1. The van der Waals surface area contributed by atoms with Crippen molar-refractivity contribution in [2.75, 3.05) is 31.0 Å². The van der Waals surface area contributed by atoms with Crippen LogP contribution in [-0.2, 0) is 14.4 Å². The highest BCUT2D eigenvalue weighted by molar-refractivity contribution is 6.39. The largest absolute Gasteiger partial charge is 0.494 e. The summed E-state index contributed by atoms with van der Waals surface area (Å²) in [5, 5.41) is 9.37. The SMILES string of the molecule is CCOc1ccc(NC(=O)COc2c(/C=N\NC(=O)C(=O)Nc3cccc(Cl)c3)cccc2OC)cc1. The lowest BCUT2D eigenvalue weighted by Crippen LogP contribution is -2.32. The normalized spacial score (nSPS) is 10.5. The van der Waals surface area contributed by atoms with Gasteiger partial charge in [-0.05, 0) is 61.5 Å². The number of hydrazone groups is 1. The summed E-state index contributed by atoms with van der Waals surface area (Å²) in [7, 11) is 1.45. The van der Waals surface area contributed by atoms with Crippen LogP contribution in [-0.4, -0.2) is 44.3 Å². The van der Waals surface area contributed by atoms with E-state index in [4.69, 9.17) is 25.8 Å². The number of nitrogens with one attached hydrogen (secondary N) is 3. The summed E-state index contributed by atoms with van der Waals surface area (Å²) in [6.07, 6.45) is 1.27. The summed E-state index contributed by atoms with van der Waals surface area (Å²) in [5.41, 5.74) is 3.49. The monoisotopic (exact) mass is 524 g/mol. The molecule has 192 valence electrons. The van der Waals surface area contributed by atoms with E-state index in [-0.39, 0.29) is 12.4 Å². The van der Waals surface area contributed by atoms with Gasteiger partial charge in [0.25, 0.3) is 5.91 Å². The maximum Gasteiger partial charge on any atom is 0.329 e. The van der Waals surface area contributed by atoms with Crippen molar-refractivity contribution in [1.82, 2.24) is 5.43 Å². The Kier molecular flexibility index (Phi) is 9.86. The fourth-order valence-corrected chi connectivity index (χ4v) is 3.24. The molecule has 37 heavy (non-hydrogen) atoms. The number of methoxy groups -OCH3 is 1. The first kappa shape index (κ1) is 27.0. The van der Waals surface area contributed by atoms with E-state index in [9.17, 15) is 14.4 Å². The number of nitrogens with zero attached hydrogens (tertiary/aromatic N) is 1. The molecule has 0 saturated carbocycles. The first-order valence-corrected chi connectivity index (χ1v) is 11.5. The lowest BCUT2D eigenvalue weighted by molar-refractivity contribution is -0.136. The van der Waals surface area contributed by atoms with Crippen molar-refractivity contribution in [3.05, 3.63) is 77.3 Å². The topological polar surface area (TPSA) is 127 Å². The third-order valence-electron chi connectivity index (χ3n) is 4.68. The van der Waals surface area contributed by atoms with Gasteiger partial charge in [0, 0.05) is 22.0 Å². The van der Waals surface area contributed by atoms with Crippen molar-refractivity contribution in [3.63, 3.8) is 0 Å². The van der Waals surface area contributed by atoms with Crippen LogP contribution < -0.4 is 30.3 Å². The summed E-state index contributed by atoms with van der Waals surface area (Å²) in [6.45, 7) is 2.12.